The van der Waals surface area contributed by atoms with E-state index in [1.54, 1.807) is 12.0 Å². The van der Waals surface area contributed by atoms with Crippen molar-refractivity contribution in [3.8, 4) is 5.75 Å². The first-order chi connectivity index (χ1) is 10.7. The third-order valence-corrected chi connectivity index (χ3v) is 4.64. The molecule has 0 atom stereocenters. The lowest BCUT2D eigenvalue weighted by Gasteiger charge is -2.14. The Bertz CT molecular complexity index is 739. The number of carbonyl (C=O) groups excluding carboxylic acids is 1. The normalized spacial score (nSPS) is 16.4. The van der Waals surface area contributed by atoms with Crippen LogP contribution in [-0.2, 0) is 0 Å². The van der Waals surface area contributed by atoms with Gasteiger partial charge in [0.1, 0.15) is 10.7 Å². The highest BCUT2D eigenvalue weighted by Crippen LogP contribution is 2.36. The molecule has 0 bridgehead atoms. The number of hydrogen-bond donors (Lipinski definition) is 0. The van der Waals surface area contributed by atoms with E-state index in [2.05, 4.69) is 0 Å². The van der Waals surface area contributed by atoms with Crippen molar-refractivity contribution in [2.75, 3.05) is 12.0 Å². The topological polar surface area (TPSA) is 29.5 Å². The van der Waals surface area contributed by atoms with E-state index in [0.717, 1.165) is 33.7 Å². The summed E-state index contributed by atoms with van der Waals surface area (Å²) in [6.07, 6.45) is 1.92. The Balaban J connectivity index is 1.88. The lowest BCUT2D eigenvalue weighted by atomic mass is 10.2. The highest BCUT2D eigenvalue weighted by atomic mass is 32.2. The second-order valence-corrected chi connectivity index (χ2v) is 6.01. The second kappa shape index (κ2) is 6.34. The molecule has 5 heteroatoms. The van der Waals surface area contributed by atoms with Crippen molar-refractivity contribution in [2.45, 2.75) is 0 Å². The summed E-state index contributed by atoms with van der Waals surface area (Å²) >= 11 is 6.62. The molecule has 0 aromatic heterocycles. The van der Waals surface area contributed by atoms with Gasteiger partial charge < -0.3 is 4.74 Å². The highest BCUT2D eigenvalue weighted by Gasteiger charge is 2.32. The number of rotatable bonds is 3. The number of anilines is 1. The van der Waals surface area contributed by atoms with Crippen LogP contribution in [0.4, 0.5) is 10.5 Å². The van der Waals surface area contributed by atoms with Crippen LogP contribution in [0.5, 0.6) is 5.75 Å². The van der Waals surface area contributed by atoms with Crippen molar-refractivity contribution in [3.63, 3.8) is 0 Å². The fraction of sp³-hybridized carbons (Fsp3) is 0.0588. The van der Waals surface area contributed by atoms with Gasteiger partial charge in [0.2, 0.25) is 0 Å². The average molecular weight is 327 g/mol. The van der Waals surface area contributed by atoms with Crippen LogP contribution in [0.2, 0.25) is 0 Å². The van der Waals surface area contributed by atoms with E-state index in [4.69, 9.17) is 17.0 Å². The molecule has 1 heterocycles. The summed E-state index contributed by atoms with van der Waals surface area (Å²) in [6, 6.07) is 17.1. The lowest BCUT2D eigenvalue weighted by molar-refractivity contribution is 0.268. The minimum absolute atomic E-state index is 0.0732. The molecule has 1 aliphatic rings. The van der Waals surface area contributed by atoms with Crippen LogP contribution in [0.1, 0.15) is 5.56 Å². The molecule has 0 radical (unpaired) electrons. The number of benzene rings is 2. The van der Waals surface area contributed by atoms with Gasteiger partial charge in [-0.25, -0.2) is 0 Å². The van der Waals surface area contributed by atoms with E-state index in [9.17, 15) is 4.79 Å². The molecular weight excluding hydrogens is 314 g/mol. The molecule has 0 saturated carbocycles. The molecule has 2 aromatic rings. The van der Waals surface area contributed by atoms with Crippen molar-refractivity contribution >= 4 is 46.0 Å². The maximum Gasteiger partial charge on any atom is 0.296 e. The third-order valence-electron chi connectivity index (χ3n) is 3.22. The van der Waals surface area contributed by atoms with Crippen LogP contribution >= 0.6 is 24.0 Å². The first kappa shape index (κ1) is 14.8. The molecule has 0 aliphatic carbocycles. The summed E-state index contributed by atoms with van der Waals surface area (Å²) < 4.78 is 5.14. The van der Waals surface area contributed by atoms with Crippen molar-refractivity contribution in [1.29, 1.82) is 0 Å². The number of para-hydroxylation sites is 1. The summed E-state index contributed by atoms with van der Waals surface area (Å²) in [4.78, 5) is 15.1. The Labute approximate surface area is 138 Å². The van der Waals surface area contributed by atoms with Gasteiger partial charge in [-0.1, -0.05) is 42.5 Å². The number of amides is 1. The number of hydrogen-bond acceptors (Lipinski definition) is 4. The molecule has 22 heavy (non-hydrogen) atoms. The standard InChI is InChI=1S/C17H13NO2S2/c1-20-14-9-7-12(8-10-14)11-15-16(21)18(17(19)22-15)13-5-3-2-4-6-13/h2-11H,1H3. The molecule has 3 rings (SSSR count). The maximum atomic E-state index is 12.2. The first-order valence-corrected chi connectivity index (χ1v) is 7.88. The Hall–Kier alpha value is -2.11. The molecule has 0 spiro atoms. The van der Waals surface area contributed by atoms with Crippen molar-refractivity contribution in [1.82, 2.24) is 0 Å². The summed E-state index contributed by atoms with van der Waals surface area (Å²) in [6.45, 7) is 0. The van der Waals surface area contributed by atoms with E-state index in [0.29, 0.717) is 4.99 Å². The number of thioether (sulfide) groups is 1. The van der Waals surface area contributed by atoms with Crippen LogP contribution in [0.25, 0.3) is 6.08 Å². The minimum atomic E-state index is -0.0732. The lowest BCUT2D eigenvalue weighted by Crippen LogP contribution is -2.26. The zero-order valence-electron chi connectivity index (χ0n) is 11.9. The van der Waals surface area contributed by atoms with E-state index in [1.165, 1.54) is 0 Å². The predicted octanol–water partition coefficient (Wildman–Crippen LogP) is 4.74. The molecule has 2 aromatic carbocycles. The molecule has 1 saturated heterocycles. The summed E-state index contributed by atoms with van der Waals surface area (Å²) in [5.74, 6) is 0.797. The van der Waals surface area contributed by atoms with Crippen molar-refractivity contribution < 1.29 is 9.53 Å². The largest absolute Gasteiger partial charge is 0.497 e. The van der Waals surface area contributed by atoms with E-state index >= 15 is 0 Å². The zero-order valence-corrected chi connectivity index (χ0v) is 13.5. The predicted molar refractivity (Wildman–Crippen MR) is 95.5 cm³/mol. The molecule has 3 nitrogen and oxygen atoms in total. The quantitative estimate of drug-likeness (QED) is 0.602. The number of ether oxygens (including phenoxy) is 1. The third kappa shape index (κ3) is 2.91. The van der Waals surface area contributed by atoms with Crippen molar-refractivity contribution in [2.24, 2.45) is 0 Å². The number of nitrogens with zero attached hydrogens (tertiary/aromatic N) is 1. The molecular formula is C17H13NO2S2. The number of thiocarbonyl (C=S) groups is 1. The van der Waals surface area contributed by atoms with Gasteiger partial charge in [0, 0.05) is 0 Å². The Kier molecular flexibility index (Phi) is 4.27. The van der Waals surface area contributed by atoms with Gasteiger partial charge in [0.05, 0.1) is 17.7 Å². The van der Waals surface area contributed by atoms with Crippen LogP contribution in [0.3, 0.4) is 0 Å². The molecule has 1 fully saturated rings. The highest BCUT2D eigenvalue weighted by molar-refractivity contribution is 8.20. The summed E-state index contributed by atoms with van der Waals surface area (Å²) in [5.41, 5.74) is 1.77. The second-order valence-electron chi connectivity index (χ2n) is 4.63. The smallest absolute Gasteiger partial charge is 0.296 e. The van der Waals surface area contributed by atoms with E-state index < -0.39 is 0 Å². The zero-order chi connectivity index (χ0) is 15.5. The van der Waals surface area contributed by atoms with Crippen molar-refractivity contribution in [3.05, 3.63) is 65.1 Å². The van der Waals surface area contributed by atoms with Gasteiger partial charge in [-0.05, 0) is 47.7 Å². The summed E-state index contributed by atoms with van der Waals surface area (Å²) in [7, 11) is 1.63. The van der Waals surface area contributed by atoms with Crippen LogP contribution in [-0.4, -0.2) is 17.3 Å². The van der Waals surface area contributed by atoms with Gasteiger partial charge in [0.15, 0.2) is 0 Å². The minimum Gasteiger partial charge on any atom is -0.497 e. The van der Waals surface area contributed by atoms with Gasteiger partial charge >= 0.3 is 0 Å². The molecule has 1 amide bonds. The Morgan fingerprint density at radius 1 is 1.09 bits per heavy atom. The molecule has 1 aliphatic heterocycles. The van der Waals surface area contributed by atoms with Gasteiger partial charge in [0.25, 0.3) is 5.24 Å². The van der Waals surface area contributed by atoms with Crippen LogP contribution in [0.15, 0.2) is 59.5 Å². The Morgan fingerprint density at radius 3 is 2.41 bits per heavy atom. The van der Waals surface area contributed by atoms with E-state index in [-0.39, 0.29) is 5.24 Å². The molecule has 0 N–H and O–H groups in total. The maximum absolute atomic E-state index is 12.2. The first-order valence-electron chi connectivity index (χ1n) is 6.66. The van der Waals surface area contributed by atoms with Gasteiger partial charge in [-0.2, -0.15) is 0 Å². The molecule has 0 unspecified atom stereocenters. The number of carbonyl (C=O) groups is 1. The van der Waals surface area contributed by atoms with Gasteiger partial charge in [-0.15, -0.1) is 0 Å². The van der Waals surface area contributed by atoms with Gasteiger partial charge in [-0.3, -0.25) is 9.69 Å². The monoisotopic (exact) mass is 327 g/mol. The van der Waals surface area contributed by atoms with E-state index in [1.807, 2.05) is 60.7 Å². The fourth-order valence-electron chi connectivity index (χ4n) is 2.12. The number of methoxy groups -OCH3 is 1. The Morgan fingerprint density at radius 2 is 1.77 bits per heavy atom. The fourth-order valence-corrected chi connectivity index (χ4v) is 3.40. The van der Waals surface area contributed by atoms with Crippen LogP contribution < -0.4 is 9.64 Å². The average Bonchev–Trinajstić information content (AvgIpc) is 2.83. The molecule has 110 valence electrons. The SMILES string of the molecule is COc1ccc(C=C2SC(=O)N(c3ccccc3)C2=S)cc1. The summed E-state index contributed by atoms with van der Waals surface area (Å²) in [5, 5.41) is -0.0732. The van der Waals surface area contributed by atoms with Crippen LogP contribution in [0, 0.1) is 0 Å².